The van der Waals surface area contributed by atoms with Crippen LogP contribution in [-0.4, -0.2) is 75.3 Å². The summed E-state index contributed by atoms with van der Waals surface area (Å²) in [4.78, 5) is 41.7. The third-order valence-corrected chi connectivity index (χ3v) is 9.21. The summed E-state index contributed by atoms with van der Waals surface area (Å²) in [7, 11) is 3.19. The summed E-state index contributed by atoms with van der Waals surface area (Å²) < 4.78 is 11.1. The molecule has 0 spiro atoms. The van der Waals surface area contributed by atoms with E-state index in [0.717, 1.165) is 5.56 Å². The van der Waals surface area contributed by atoms with Crippen LogP contribution >= 0.6 is 0 Å². The number of hydrogen-bond acceptors (Lipinski definition) is 10. The van der Waals surface area contributed by atoms with Crippen LogP contribution < -0.4 is 15.2 Å². The minimum atomic E-state index is -2.69. The van der Waals surface area contributed by atoms with Gasteiger partial charge in [-0.05, 0) is 73.2 Å². The minimum absolute atomic E-state index is 0.00806. The van der Waals surface area contributed by atoms with Crippen molar-refractivity contribution in [1.29, 1.82) is 0 Å². The number of benzene rings is 2. The number of nitrogens with two attached hydrogens (primary N) is 1. The van der Waals surface area contributed by atoms with Crippen molar-refractivity contribution in [3.05, 3.63) is 63.6 Å². The molecule has 4 atom stereocenters. The predicted molar refractivity (Wildman–Crippen MR) is 154 cm³/mol. The quantitative estimate of drug-likeness (QED) is 0.334. The van der Waals surface area contributed by atoms with Crippen molar-refractivity contribution >= 4 is 17.5 Å². The highest BCUT2D eigenvalue weighted by molar-refractivity contribution is 6.25. The zero-order chi connectivity index (χ0) is 31.3. The second-order valence-corrected chi connectivity index (χ2v) is 13.0. The van der Waals surface area contributed by atoms with Gasteiger partial charge in [0.2, 0.25) is 12.6 Å². The number of carbonyl (C=O) groups is 3. The fourth-order valence-corrected chi connectivity index (χ4v) is 7.21. The number of primary amides is 1. The van der Waals surface area contributed by atoms with Gasteiger partial charge < -0.3 is 35.6 Å². The van der Waals surface area contributed by atoms with Crippen LogP contribution in [0.1, 0.15) is 48.7 Å². The van der Waals surface area contributed by atoms with E-state index in [1.54, 1.807) is 20.2 Å². The van der Waals surface area contributed by atoms with Crippen LogP contribution in [0.25, 0.3) is 11.1 Å². The maximum Gasteiger partial charge on any atom is 0.255 e. The zero-order valence-corrected chi connectivity index (χ0v) is 24.5. The van der Waals surface area contributed by atoms with Gasteiger partial charge in [-0.15, -0.1) is 0 Å². The molecular weight excluding hydrogens is 556 g/mol. The average molecular weight is 591 g/mol. The molecule has 1 heterocycles. The fraction of sp³-hybridized carbons (Fsp3) is 0.406. The van der Waals surface area contributed by atoms with E-state index in [0.29, 0.717) is 28.2 Å². The first-order valence-corrected chi connectivity index (χ1v) is 14.0. The molecule has 43 heavy (non-hydrogen) atoms. The number of ketones is 2. The third-order valence-electron chi connectivity index (χ3n) is 9.21. The van der Waals surface area contributed by atoms with Gasteiger partial charge in [0, 0.05) is 17.1 Å². The van der Waals surface area contributed by atoms with Gasteiger partial charge in [-0.25, -0.2) is 0 Å². The summed E-state index contributed by atoms with van der Waals surface area (Å²) in [6.07, 6.45) is 0.185. The highest BCUT2D eigenvalue weighted by Gasteiger charge is 2.63. The van der Waals surface area contributed by atoms with Crippen molar-refractivity contribution < 1.29 is 44.3 Å². The smallest absolute Gasteiger partial charge is 0.255 e. The van der Waals surface area contributed by atoms with Crippen LogP contribution in [0.3, 0.4) is 0 Å². The zero-order valence-electron chi connectivity index (χ0n) is 24.5. The second kappa shape index (κ2) is 9.32. The lowest BCUT2D eigenvalue weighted by atomic mass is 9.58. The number of hydrogen-bond donors (Lipinski definition) is 5. The van der Waals surface area contributed by atoms with Crippen LogP contribution in [0.4, 0.5) is 0 Å². The SMILES string of the molecule is CN(C)[C@@H]1C(O)=C(C(N)=O)C(=O)[C@@]2(O)C(O)=C3C(=O)c4c(O)c(C(C)(C)C)cc(-c5ccc6c(c5)OCO6)c4C[C@H]3C[C@@H]12. The van der Waals surface area contributed by atoms with E-state index in [4.69, 9.17) is 15.2 Å². The molecule has 2 aromatic carbocycles. The Morgan fingerprint density at radius 1 is 1.07 bits per heavy atom. The lowest BCUT2D eigenvalue weighted by Gasteiger charge is -2.50. The maximum atomic E-state index is 14.3. The molecule has 0 aromatic heterocycles. The summed E-state index contributed by atoms with van der Waals surface area (Å²) >= 11 is 0. The van der Waals surface area contributed by atoms with Gasteiger partial charge in [0.05, 0.1) is 11.6 Å². The normalized spacial score (nSPS) is 26.4. The minimum Gasteiger partial charge on any atom is -0.510 e. The molecule has 0 unspecified atom stereocenters. The van der Waals surface area contributed by atoms with E-state index in [2.05, 4.69) is 0 Å². The predicted octanol–water partition coefficient (Wildman–Crippen LogP) is 2.81. The summed E-state index contributed by atoms with van der Waals surface area (Å²) in [5, 5.41) is 46.0. The summed E-state index contributed by atoms with van der Waals surface area (Å²) in [6.45, 7) is 5.77. The molecule has 3 aliphatic carbocycles. The van der Waals surface area contributed by atoms with Crippen molar-refractivity contribution in [2.24, 2.45) is 17.6 Å². The molecule has 0 radical (unpaired) electrons. The molecule has 0 saturated heterocycles. The monoisotopic (exact) mass is 590 g/mol. The van der Waals surface area contributed by atoms with Crippen molar-refractivity contribution in [1.82, 2.24) is 4.90 Å². The Morgan fingerprint density at radius 3 is 2.37 bits per heavy atom. The van der Waals surface area contributed by atoms with Gasteiger partial charge in [-0.1, -0.05) is 26.8 Å². The Bertz CT molecular complexity index is 1700. The highest BCUT2D eigenvalue weighted by atomic mass is 16.7. The van der Waals surface area contributed by atoms with Gasteiger partial charge in [0.25, 0.3) is 5.91 Å². The lowest BCUT2D eigenvalue weighted by Crippen LogP contribution is -2.63. The van der Waals surface area contributed by atoms with Crippen molar-refractivity contribution in [3.8, 4) is 28.4 Å². The number of aromatic hydroxyl groups is 1. The van der Waals surface area contributed by atoms with E-state index in [1.165, 1.54) is 4.90 Å². The number of carbonyl (C=O) groups excluding carboxylic acids is 3. The van der Waals surface area contributed by atoms with E-state index < -0.39 is 63.5 Å². The molecule has 0 fully saturated rings. The number of allylic oxidation sites excluding steroid dienone is 1. The number of amides is 1. The summed E-state index contributed by atoms with van der Waals surface area (Å²) in [6, 6.07) is 6.22. The van der Waals surface area contributed by atoms with Gasteiger partial charge in [-0.2, -0.15) is 0 Å². The Labute approximate surface area is 247 Å². The molecule has 1 amide bonds. The number of phenols is 1. The number of fused-ring (bicyclic) bond motifs is 4. The number of ether oxygens (including phenoxy) is 2. The standard InChI is InChI=1S/C32H34N2O9/c1-31(2,3)18-11-15(13-6-7-19-20(10-13)43-12-42-19)16-8-14-9-17-24(34(4)5)27(37)23(30(33)40)29(39)32(17,41)28(38)21(14)26(36)22(16)25(18)35/h6-7,10-11,14,17,24,35,37-38,41H,8-9,12H2,1-5H3,(H2,33,40)/t14-,17-,24-,32-/m0/s1. The molecule has 1 aliphatic heterocycles. The molecule has 6 N–H and O–H groups in total. The van der Waals surface area contributed by atoms with Gasteiger partial charge in [0.15, 0.2) is 22.9 Å². The Balaban J connectivity index is 1.60. The maximum absolute atomic E-state index is 14.3. The Morgan fingerprint density at radius 2 is 1.74 bits per heavy atom. The van der Waals surface area contributed by atoms with E-state index in [9.17, 15) is 34.8 Å². The molecule has 4 aliphatic rings. The molecule has 0 saturated carbocycles. The van der Waals surface area contributed by atoms with Gasteiger partial charge >= 0.3 is 0 Å². The molecule has 11 nitrogen and oxygen atoms in total. The first kappa shape index (κ1) is 28.8. The van der Waals surface area contributed by atoms with Crippen molar-refractivity contribution in [2.75, 3.05) is 20.9 Å². The largest absolute Gasteiger partial charge is 0.510 e. The second-order valence-electron chi connectivity index (χ2n) is 13.0. The van der Waals surface area contributed by atoms with Gasteiger partial charge in [0.1, 0.15) is 22.8 Å². The first-order chi connectivity index (χ1) is 20.1. The summed E-state index contributed by atoms with van der Waals surface area (Å²) in [5.74, 6) is -5.65. The molecule has 6 rings (SSSR count). The van der Waals surface area contributed by atoms with Crippen molar-refractivity contribution in [3.63, 3.8) is 0 Å². The van der Waals surface area contributed by atoms with E-state index in [1.807, 2.05) is 39.0 Å². The fourth-order valence-electron chi connectivity index (χ4n) is 7.21. The van der Waals surface area contributed by atoms with Crippen LogP contribution in [0.15, 0.2) is 46.9 Å². The van der Waals surface area contributed by atoms with E-state index in [-0.39, 0.29) is 36.5 Å². The number of rotatable bonds is 3. The molecule has 226 valence electrons. The van der Waals surface area contributed by atoms with Crippen LogP contribution in [0, 0.1) is 11.8 Å². The number of aliphatic hydroxyl groups excluding tert-OH is 2. The third kappa shape index (κ3) is 3.91. The average Bonchev–Trinajstić information content (AvgIpc) is 3.38. The summed E-state index contributed by atoms with van der Waals surface area (Å²) in [5.41, 5.74) is 3.53. The van der Waals surface area contributed by atoms with Gasteiger partial charge in [-0.3, -0.25) is 19.3 Å². The lowest BCUT2D eigenvalue weighted by molar-refractivity contribution is -0.148. The molecule has 2 aromatic rings. The highest BCUT2D eigenvalue weighted by Crippen LogP contribution is 2.54. The Hall–Kier alpha value is -4.35. The molecule has 0 bridgehead atoms. The molecule has 11 heteroatoms. The number of aliphatic hydroxyl groups is 3. The van der Waals surface area contributed by atoms with E-state index >= 15 is 0 Å². The molecular formula is C32H34N2O9. The van der Waals surface area contributed by atoms with Crippen LogP contribution in [0.2, 0.25) is 0 Å². The van der Waals surface area contributed by atoms with Crippen molar-refractivity contribution in [2.45, 2.75) is 50.7 Å². The Kier molecular flexibility index (Phi) is 6.23. The topological polar surface area (TPSA) is 180 Å². The number of phenolic OH excluding ortho intramolecular Hbond substituents is 1. The number of nitrogens with zero attached hydrogens (tertiary/aromatic N) is 1. The van der Waals surface area contributed by atoms with Crippen LogP contribution in [0.5, 0.6) is 17.2 Å². The number of Topliss-reactive ketones (excluding diaryl/α,β-unsaturated/α-hetero) is 2. The van der Waals surface area contributed by atoms with Crippen LogP contribution in [-0.2, 0) is 21.4 Å². The number of likely N-dealkylation sites (N-methyl/N-ethyl adjacent to an activating group) is 1. The first-order valence-electron chi connectivity index (χ1n) is 14.0.